The number of nitrogens with zero attached hydrogens (tertiary/aromatic N) is 1. The fourth-order valence-electron chi connectivity index (χ4n) is 2.90. The Morgan fingerprint density at radius 1 is 1.62 bits per heavy atom. The third-order valence-electron chi connectivity index (χ3n) is 4.06. The van der Waals surface area contributed by atoms with Crippen LogP contribution < -0.4 is 11.1 Å². The predicted molar refractivity (Wildman–Crippen MR) is 88.2 cm³/mol. The van der Waals surface area contributed by atoms with Crippen molar-refractivity contribution in [2.45, 2.75) is 45.2 Å². The van der Waals surface area contributed by atoms with Gasteiger partial charge in [-0.3, -0.25) is 9.69 Å². The highest BCUT2D eigenvalue weighted by Gasteiger charge is 2.21. The topological polar surface area (TPSA) is 58.4 Å². The van der Waals surface area contributed by atoms with Crippen LogP contribution in [0.1, 0.15) is 37.5 Å². The second-order valence-electron chi connectivity index (χ2n) is 5.96. The van der Waals surface area contributed by atoms with Gasteiger partial charge in [-0.25, -0.2) is 0 Å². The Bertz CT molecular complexity index is 421. The van der Waals surface area contributed by atoms with Crippen LogP contribution in [0.15, 0.2) is 17.5 Å². The number of thiophene rings is 1. The van der Waals surface area contributed by atoms with E-state index >= 15 is 0 Å². The number of carbonyl (C=O) groups is 1. The molecule has 1 aliphatic rings. The van der Waals surface area contributed by atoms with E-state index in [1.54, 1.807) is 0 Å². The Hall–Kier alpha value is -0.910. The molecule has 0 spiro atoms. The molecule has 2 rings (SSSR count). The Labute approximate surface area is 131 Å². The van der Waals surface area contributed by atoms with Crippen LogP contribution in [0.4, 0.5) is 0 Å². The summed E-state index contributed by atoms with van der Waals surface area (Å²) in [5.74, 6) is 0.559. The molecule has 118 valence electrons. The largest absolute Gasteiger partial charge is 0.354 e. The van der Waals surface area contributed by atoms with E-state index in [1.165, 1.54) is 17.7 Å². The van der Waals surface area contributed by atoms with Crippen molar-refractivity contribution in [1.29, 1.82) is 0 Å². The van der Waals surface area contributed by atoms with Gasteiger partial charge in [-0.1, -0.05) is 19.4 Å². The molecule has 1 aromatic rings. The minimum Gasteiger partial charge on any atom is -0.354 e. The standard InChI is InChI=1S/C16H27N3OS/c1-2-5-15(17)16(20)18-10-13-6-3-8-19(11-13)12-14-7-4-9-21-14/h4,7,9,13,15H,2-3,5-6,8,10-12,17H2,1H3,(H,18,20). The summed E-state index contributed by atoms with van der Waals surface area (Å²) in [6.45, 7) is 6.09. The molecule has 1 saturated heterocycles. The van der Waals surface area contributed by atoms with Gasteiger partial charge < -0.3 is 11.1 Å². The van der Waals surface area contributed by atoms with E-state index in [4.69, 9.17) is 5.73 Å². The molecule has 21 heavy (non-hydrogen) atoms. The van der Waals surface area contributed by atoms with Crippen molar-refractivity contribution in [1.82, 2.24) is 10.2 Å². The lowest BCUT2D eigenvalue weighted by atomic mass is 9.97. The first kappa shape index (κ1) is 16.5. The molecule has 0 bridgehead atoms. The third kappa shape index (κ3) is 5.41. The average molecular weight is 309 g/mol. The Morgan fingerprint density at radius 2 is 2.48 bits per heavy atom. The minimum absolute atomic E-state index is 0.00669. The normalized spacial score (nSPS) is 21.1. The van der Waals surface area contributed by atoms with Gasteiger partial charge in [0.05, 0.1) is 6.04 Å². The van der Waals surface area contributed by atoms with E-state index < -0.39 is 0 Å². The van der Waals surface area contributed by atoms with Crippen molar-refractivity contribution in [3.8, 4) is 0 Å². The van der Waals surface area contributed by atoms with Crippen LogP contribution in [0, 0.1) is 5.92 Å². The van der Waals surface area contributed by atoms with E-state index in [9.17, 15) is 4.79 Å². The maximum atomic E-state index is 11.9. The van der Waals surface area contributed by atoms with Gasteiger partial charge in [-0.15, -0.1) is 11.3 Å². The first-order chi connectivity index (χ1) is 10.2. The summed E-state index contributed by atoms with van der Waals surface area (Å²) in [6.07, 6.45) is 4.13. The summed E-state index contributed by atoms with van der Waals surface area (Å²) in [5.41, 5.74) is 5.84. The number of likely N-dealkylation sites (tertiary alicyclic amines) is 1. The summed E-state index contributed by atoms with van der Waals surface area (Å²) in [7, 11) is 0. The molecule has 4 nitrogen and oxygen atoms in total. The van der Waals surface area contributed by atoms with Crippen molar-refractivity contribution < 1.29 is 4.79 Å². The van der Waals surface area contributed by atoms with Gasteiger partial charge in [0, 0.05) is 24.5 Å². The van der Waals surface area contributed by atoms with E-state index in [2.05, 4.69) is 34.7 Å². The molecular formula is C16H27N3OS. The summed E-state index contributed by atoms with van der Waals surface area (Å²) < 4.78 is 0. The highest BCUT2D eigenvalue weighted by molar-refractivity contribution is 7.09. The van der Waals surface area contributed by atoms with Crippen molar-refractivity contribution in [3.63, 3.8) is 0 Å². The molecular weight excluding hydrogens is 282 g/mol. The van der Waals surface area contributed by atoms with Gasteiger partial charge in [0.15, 0.2) is 0 Å². The van der Waals surface area contributed by atoms with Gasteiger partial charge in [0.1, 0.15) is 0 Å². The molecule has 1 aliphatic heterocycles. The van der Waals surface area contributed by atoms with E-state index in [0.29, 0.717) is 5.92 Å². The van der Waals surface area contributed by atoms with Crippen molar-refractivity contribution in [2.24, 2.45) is 11.7 Å². The molecule has 2 atom stereocenters. The fraction of sp³-hybridized carbons (Fsp3) is 0.688. The average Bonchev–Trinajstić information content (AvgIpc) is 2.98. The minimum atomic E-state index is -0.346. The molecule has 5 heteroatoms. The lowest BCUT2D eigenvalue weighted by molar-refractivity contribution is -0.122. The lowest BCUT2D eigenvalue weighted by Crippen LogP contribution is -2.45. The zero-order valence-corrected chi connectivity index (χ0v) is 13.7. The summed E-state index contributed by atoms with van der Waals surface area (Å²) >= 11 is 1.82. The second-order valence-corrected chi connectivity index (χ2v) is 7.00. The monoisotopic (exact) mass is 309 g/mol. The molecule has 1 amide bonds. The van der Waals surface area contributed by atoms with Crippen molar-refractivity contribution in [3.05, 3.63) is 22.4 Å². The number of nitrogens with two attached hydrogens (primary N) is 1. The van der Waals surface area contributed by atoms with E-state index in [1.807, 2.05) is 11.3 Å². The molecule has 0 radical (unpaired) electrons. The molecule has 1 fully saturated rings. The van der Waals surface area contributed by atoms with Crippen LogP contribution in [-0.4, -0.2) is 36.5 Å². The SMILES string of the molecule is CCCC(N)C(=O)NCC1CCCN(Cc2cccs2)C1. The van der Waals surface area contributed by atoms with Crippen LogP contribution in [0.2, 0.25) is 0 Å². The number of hydrogen-bond donors (Lipinski definition) is 2. The summed E-state index contributed by atoms with van der Waals surface area (Å²) in [4.78, 5) is 15.8. The summed E-state index contributed by atoms with van der Waals surface area (Å²) in [6, 6.07) is 3.96. The first-order valence-corrected chi connectivity index (χ1v) is 8.85. The number of piperidine rings is 1. The number of carbonyl (C=O) groups excluding carboxylic acids is 1. The number of rotatable bonds is 7. The molecule has 3 N–H and O–H groups in total. The fourth-order valence-corrected chi connectivity index (χ4v) is 3.65. The molecule has 0 aliphatic carbocycles. The Morgan fingerprint density at radius 3 is 3.19 bits per heavy atom. The van der Waals surface area contributed by atoms with Crippen molar-refractivity contribution >= 4 is 17.2 Å². The van der Waals surface area contributed by atoms with Gasteiger partial charge in [0.25, 0.3) is 0 Å². The predicted octanol–water partition coefficient (Wildman–Crippen LogP) is 2.20. The molecule has 0 saturated carbocycles. The number of amides is 1. The lowest BCUT2D eigenvalue weighted by Gasteiger charge is -2.32. The number of hydrogen-bond acceptors (Lipinski definition) is 4. The van der Waals surface area contributed by atoms with E-state index in [-0.39, 0.29) is 11.9 Å². The van der Waals surface area contributed by atoms with Gasteiger partial charge in [0.2, 0.25) is 5.91 Å². The van der Waals surface area contributed by atoms with Crippen LogP contribution in [0.3, 0.4) is 0 Å². The molecule has 1 aromatic heterocycles. The Balaban J connectivity index is 1.72. The zero-order valence-electron chi connectivity index (χ0n) is 12.9. The highest BCUT2D eigenvalue weighted by Crippen LogP contribution is 2.19. The van der Waals surface area contributed by atoms with Crippen LogP contribution in [-0.2, 0) is 11.3 Å². The number of nitrogens with one attached hydrogen (secondary N) is 1. The van der Waals surface area contributed by atoms with Gasteiger partial charge in [-0.05, 0) is 43.2 Å². The molecule has 2 unspecified atom stereocenters. The Kier molecular flexibility index (Phi) is 6.67. The van der Waals surface area contributed by atoms with Gasteiger partial charge in [-0.2, -0.15) is 0 Å². The zero-order chi connectivity index (χ0) is 15.1. The van der Waals surface area contributed by atoms with Crippen LogP contribution in [0.25, 0.3) is 0 Å². The van der Waals surface area contributed by atoms with Crippen LogP contribution in [0.5, 0.6) is 0 Å². The molecule has 2 heterocycles. The van der Waals surface area contributed by atoms with Gasteiger partial charge >= 0.3 is 0 Å². The maximum absolute atomic E-state index is 11.9. The molecule has 0 aromatic carbocycles. The van der Waals surface area contributed by atoms with Crippen LogP contribution >= 0.6 is 11.3 Å². The third-order valence-corrected chi connectivity index (χ3v) is 4.93. The van der Waals surface area contributed by atoms with E-state index in [0.717, 1.165) is 39.0 Å². The highest BCUT2D eigenvalue weighted by atomic mass is 32.1. The maximum Gasteiger partial charge on any atom is 0.236 e. The summed E-state index contributed by atoms with van der Waals surface area (Å²) in [5, 5.41) is 5.16. The van der Waals surface area contributed by atoms with Crippen molar-refractivity contribution in [2.75, 3.05) is 19.6 Å². The quantitative estimate of drug-likeness (QED) is 0.812. The second kappa shape index (κ2) is 8.51. The smallest absolute Gasteiger partial charge is 0.236 e. The first-order valence-electron chi connectivity index (χ1n) is 7.97.